The predicted octanol–water partition coefficient (Wildman–Crippen LogP) is 5.00. The summed E-state index contributed by atoms with van der Waals surface area (Å²) < 4.78 is 11.0. The molecule has 0 fully saturated rings. The van der Waals surface area contributed by atoms with E-state index in [0.717, 1.165) is 6.42 Å². The number of benzene rings is 1. The minimum absolute atomic E-state index is 0.0200. The van der Waals surface area contributed by atoms with Gasteiger partial charge < -0.3 is 14.4 Å². The number of nitrogens with zero attached hydrogens (tertiary/aromatic N) is 1. The van der Waals surface area contributed by atoms with Crippen molar-refractivity contribution in [2.24, 2.45) is 0 Å². The van der Waals surface area contributed by atoms with Crippen molar-refractivity contribution in [3.05, 3.63) is 68.0 Å². The van der Waals surface area contributed by atoms with Crippen molar-refractivity contribution < 1.29 is 14.3 Å². The topological polar surface area (TPSA) is 38.8 Å². The zero-order valence-corrected chi connectivity index (χ0v) is 16.9. The van der Waals surface area contributed by atoms with Crippen LogP contribution in [0.25, 0.3) is 0 Å². The Kier molecular flexibility index (Phi) is 5.18. The Morgan fingerprint density at radius 3 is 2.81 bits per heavy atom. The van der Waals surface area contributed by atoms with E-state index < -0.39 is 0 Å². The van der Waals surface area contributed by atoms with Gasteiger partial charge in [-0.2, -0.15) is 0 Å². The maximum Gasteiger partial charge on any atom is 0.254 e. The highest BCUT2D eigenvalue weighted by molar-refractivity contribution is 7.10. The Balaban J connectivity index is 1.70. The fourth-order valence-electron chi connectivity index (χ4n) is 3.53. The van der Waals surface area contributed by atoms with Gasteiger partial charge in [0.1, 0.15) is 0 Å². The predicted molar refractivity (Wildman–Crippen MR) is 109 cm³/mol. The van der Waals surface area contributed by atoms with Crippen LogP contribution in [0.15, 0.2) is 47.2 Å². The number of carbonyl (C=O) groups excluding carboxylic acids is 1. The average molecular weight is 400 g/mol. The Bertz CT molecular complexity index is 933. The van der Waals surface area contributed by atoms with E-state index >= 15 is 0 Å². The van der Waals surface area contributed by atoms with Gasteiger partial charge in [0.05, 0.1) is 19.8 Å². The van der Waals surface area contributed by atoms with Gasteiger partial charge in [0.2, 0.25) is 0 Å². The Labute approximate surface area is 167 Å². The third-order valence-electron chi connectivity index (χ3n) is 4.75. The van der Waals surface area contributed by atoms with E-state index in [-0.39, 0.29) is 11.9 Å². The van der Waals surface area contributed by atoms with E-state index in [1.807, 2.05) is 30.0 Å². The number of amides is 1. The van der Waals surface area contributed by atoms with E-state index in [2.05, 4.69) is 22.9 Å². The second-order valence-corrected chi connectivity index (χ2v) is 8.24. The van der Waals surface area contributed by atoms with Gasteiger partial charge in [-0.25, -0.2) is 0 Å². The molecule has 1 aliphatic rings. The number of carbonyl (C=O) groups is 1. The van der Waals surface area contributed by atoms with Crippen molar-refractivity contribution in [3.8, 4) is 11.5 Å². The first-order valence-corrected chi connectivity index (χ1v) is 10.7. The van der Waals surface area contributed by atoms with E-state index in [1.54, 1.807) is 35.8 Å². The van der Waals surface area contributed by atoms with E-state index in [0.29, 0.717) is 30.2 Å². The van der Waals surface area contributed by atoms with Crippen LogP contribution in [0, 0.1) is 0 Å². The molecule has 3 aromatic rings. The molecule has 1 amide bonds. The summed E-state index contributed by atoms with van der Waals surface area (Å²) in [6.45, 7) is 3.19. The lowest BCUT2D eigenvalue weighted by Gasteiger charge is -2.35. The number of hydrogen-bond acceptors (Lipinski definition) is 5. The van der Waals surface area contributed by atoms with Crippen LogP contribution in [0.2, 0.25) is 0 Å². The van der Waals surface area contributed by atoms with Gasteiger partial charge in [-0.15, -0.1) is 22.7 Å². The fraction of sp³-hybridized carbons (Fsp3) is 0.286. The summed E-state index contributed by atoms with van der Waals surface area (Å²) in [7, 11) is 1.60. The minimum Gasteiger partial charge on any atom is -0.493 e. The third kappa shape index (κ3) is 3.35. The Morgan fingerprint density at radius 2 is 2.07 bits per heavy atom. The van der Waals surface area contributed by atoms with Crippen LogP contribution < -0.4 is 9.47 Å². The number of methoxy groups -OCH3 is 1. The lowest BCUT2D eigenvalue weighted by atomic mass is 9.97. The summed E-state index contributed by atoms with van der Waals surface area (Å²) in [5.41, 5.74) is 1.87. The van der Waals surface area contributed by atoms with Crippen molar-refractivity contribution in [1.29, 1.82) is 0 Å². The van der Waals surface area contributed by atoms with Crippen LogP contribution in [0.5, 0.6) is 11.5 Å². The molecule has 0 N–H and O–H groups in total. The largest absolute Gasteiger partial charge is 0.493 e. The van der Waals surface area contributed by atoms with Crippen molar-refractivity contribution >= 4 is 28.6 Å². The van der Waals surface area contributed by atoms with E-state index in [9.17, 15) is 4.79 Å². The van der Waals surface area contributed by atoms with Crippen LogP contribution in [-0.4, -0.2) is 31.1 Å². The van der Waals surface area contributed by atoms with Crippen LogP contribution in [0.1, 0.15) is 38.6 Å². The zero-order valence-electron chi connectivity index (χ0n) is 15.3. The van der Waals surface area contributed by atoms with E-state index in [4.69, 9.17) is 9.47 Å². The van der Waals surface area contributed by atoms with Crippen LogP contribution in [0.4, 0.5) is 0 Å². The molecule has 4 nitrogen and oxygen atoms in total. The number of hydrogen-bond donors (Lipinski definition) is 0. The summed E-state index contributed by atoms with van der Waals surface area (Å²) in [4.78, 5) is 18.0. The molecule has 0 spiro atoms. The van der Waals surface area contributed by atoms with Crippen molar-refractivity contribution in [2.75, 3.05) is 20.3 Å². The van der Waals surface area contributed by atoms with Gasteiger partial charge >= 0.3 is 0 Å². The lowest BCUT2D eigenvalue weighted by molar-refractivity contribution is 0.0698. The normalized spacial score (nSPS) is 16.1. The highest BCUT2D eigenvalue weighted by Crippen LogP contribution is 2.40. The smallest absolute Gasteiger partial charge is 0.254 e. The second kappa shape index (κ2) is 7.74. The average Bonchev–Trinajstić information content (AvgIpc) is 3.39. The first-order chi connectivity index (χ1) is 13.2. The molecule has 0 unspecified atom stereocenters. The van der Waals surface area contributed by atoms with Crippen molar-refractivity contribution in [2.45, 2.75) is 19.4 Å². The standard InChI is InChI=1S/C21H21NO3S2/c1-3-25-16-7-6-14(13-17(16)24-2)21(23)22-10-8-18-15(9-12-27-18)20(22)19-5-4-11-26-19/h4-7,9,11-13,20H,3,8,10H2,1-2H3/t20-/m1/s1. The van der Waals surface area contributed by atoms with Crippen molar-refractivity contribution in [1.82, 2.24) is 4.90 Å². The quantitative estimate of drug-likeness (QED) is 0.606. The van der Waals surface area contributed by atoms with E-state index in [1.165, 1.54) is 15.3 Å². The molecular formula is C21H21NO3S2. The highest BCUT2D eigenvalue weighted by atomic mass is 32.1. The fourth-order valence-corrected chi connectivity index (χ4v) is 5.29. The number of ether oxygens (including phenoxy) is 2. The van der Waals surface area contributed by atoms with Gasteiger partial charge in [-0.3, -0.25) is 4.79 Å². The molecule has 0 radical (unpaired) electrons. The summed E-state index contributed by atoms with van der Waals surface area (Å²) in [6.07, 6.45) is 0.898. The molecule has 3 heterocycles. The summed E-state index contributed by atoms with van der Waals surface area (Å²) in [6, 6.07) is 11.7. The number of rotatable bonds is 5. The lowest BCUT2D eigenvalue weighted by Crippen LogP contribution is -2.39. The molecule has 0 bridgehead atoms. The SMILES string of the molecule is CCOc1ccc(C(=O)N2CCc3sccc3[C@@H]2c2cccs2)cc1OC. The third-order valence-corrected chi connectivity index (χ3v) is 6.67. The molecule has 0 saturated heterocycles. The molecular weight excluding hydrogens is 378 g/mol. The molecule has 1 aliphatic heterocycles. The van der Waals surface area contributed by atoms with Gasteiger partial charge in [0.15, 0.2) is 11.5 Å². The van der Waals surface area contributed by atoms with Crippen LogP contribution in [-0.2, 0) is 6.42 Å². The molecule has 0 aliphatic carbocycles. The number of thiophene rings is 2. The maximum absolute atomic E-state index is 13.4. The summed E-state index contributed by atoms with van der Waals surface area (Å²) >= 11 is 3.48. The molecule has 140 valence electrons. The summed E-state index contributed by atoms with van der Waals surface area (Å²) in [5.74, 6) is 1.26. The molecule has 4 rings (SSSR count). The van der Waals surface area contributed by atoms with Gasteiger partial charge in [-0.1, -0.05) is 6.07 Å². The number of fused-ring (bicyclic) bond motifs is 1. The molecule has 1 atom stereocenters. The Hall–Kier alpha value is -2.31. The van der Waals surface area contributed by atoms with Gasteiger partial charge in [0.25, 0.3) is 5.91 Å². The van der Waals surface area contributed by atoms with Crippen LogP contribution in [0.3, 0.4) is 0 Å². The highest BCUT2D eigenvalue weighted by Gasteiger charge is 2.34. The van der Waals surface area contributed by atoms with Gasteiger partial charge in [-0.05, 0) is 60.0 Å². The van der Waals surface area contributed by atoms with Gasteiger partial charge in [0, 0.05) is 21.9 Å². The molecule has 0 saturated carbocycles. The first kappa shape index (κ1) is 18.1. The summed E-state index contributed by atoms with van der Waals surface area (Å²) in [5, 5.41) is 4.19. The first-order valence-electron chi connectivity index (χ1n) is 8.94. The molecule has 27 heavy (non-hydrogen) atoms. The molecule has 2 aromatic heterocycles. The zero-order chi connectivity index (χ0) is 18.8. The Morgan fingerprint density at radius 1 is 1.19 bits per heavy atom. The van der Waals surface area contributed by atoms with Crippen molar-refractivity contribution in [3.63, 3.8) is 0 Å². The molecule has 1 aromatic carbocycles. The molecule has 6 heteroatoms. The maximum atomic E-state index is 13.4. The van der Waals surface area contributed by atoms with Crippen LogP contribution >= 0.6 is 22.7 Å². The second-order valence-electron chi connectivity index (χ2n) is 6.26. The monoisotopic (exact) mass is 399 g/mol. The minimum atomic E-state index is -0.0231.